The van der Waals surface area contributed by atoms with Gasteiger partial charge in [0, 0.05) is 0 Å². The summed E-state index contributed by atoms with van der Waals surface area (Å²) in [5.41, 5.74) is 0. The Labute approximate surface area is 190 Å². The number of carbonyl (C=O) groups is 1. The highest BCUT2D eigenvalue weighted by Crippen LogP contribution is 2.65. The van der Waals surface area contributed by atoms with Gasteiger partial charge in [-0.05, 0) is 19.4 Å². The average Bonchev–Trinajstić information content (AvgIpc) is 2.57. The van der Waals surface area contributed by atoms with Crippen LogP contribution in [0.2, 0.25) is 0 Å². The minimum absolute atomic E-state index is 0.431. The molecule has 0 heterocycles. The fraction of sp³-hybridized carbons (Fsp3) is 0.923. The summed E-state index contributed by atoms with van der Waals surface area (Å²) in [7, 11) is -11.5. The lowest BCUT2D eigenvalue weighted by atomic mass is 9.91. The van der Waals surface area contributed by atoms with Gasteiger partial charge in [-0.25, -0.2) is 3.63 Å². The molecule has 0 radical (unpaired) electrons. The number of hydrogen-bond donors (Lipinski definition) is 0. The van der Waals surface area contributed by atoms with E-state index in [9.17, 15) is 87.8 Å². The summed E-state index contributed by atoms with van der Waals surface area (Å²) in [5, 5.41) is -7.76. The Kier molecular flexibility index (Phi) is 8.59. The number of halogens is 17. The summed E-state index contributed by atoms with van der Waals surface area (Å²) < 4.78 is 251. The first-order valence-electron chi connectivity index (χ1n) is 8.00. The lowest BCUT2D eigenvalue weighted by Crippen LogP contribution is -2.75. The van der Waals surface area contributed by atoms with Gasteiger partial charge in [-0.15, -0.1) is 10.3 Å². The number of rotatable bonds is 11. The van der Waals surface area contributed by atoms with Crippen LogP contribution in [-0.2, 0) is 18.5 Å². The van der Waals surface area contributed by atoms with Gasteiger partial charge < -0.3 is 0 Å². The van der Waals surface area contributed by atoms with Gasteiger partial charge in [0.1, 0.15) is 5.78 Å². The van der Waals surface area contributed by atoms with Crippen LogP contribution in [0, 0.1) is 0 Å². The van der Waals surface area contributed by atoms with E-state index >= 15 is 0 Å². The second kappa shape index (κ2) is 8.90. The molecule has 0 bridgehead atoms. The van der Waals surface area contributed by atoms with E-state index in [0.717, 1.165) is 0 Å². The van der Waals surface area contributed by atoms with E-state index in [2.05, 4.69) is 3.63 Å². The monoisotopic (exact) mass is 618 g/mol. The zero-order valence-electron chi connectivity index (χ0n) is 17.1. The molecule has 0 N–H and O–H groups in total. The molecular formula is C13H11F17O4S2. The molecule has 0 saturated heterocycles. The molecule has 0 saturated carbocycles. The van der Waals surface area contributed by atoms with Gasteiger partial charge in [-0.3, -0.25) is 4.79 Å². The maximum atomic E-state index is 13.9. The van der Waals surface area contributed by atoms with Gasteiger partial charge in [-0.1, -0.05) is 0 Å². The number of ketones is 1. The van der Waals surface area contributed by atoms with Crippen LogP contribution in [0.15, 0.2) is 0 Å². The Hall–Kier alpha value is -1.26. The molecule has 0 aromatic rings. The SMILES string of the molecule is CC(=O)CS(C)(C)OS(=O)(=O)C(F)(F)C(F)(F)C(F)(F)C(F)(F)C(F)(F)C(F)(F)C(F)(F)C(F)(F)F. The zero-order chi connectivity index (χ0) is 30.0. The van der Waals surface area contributed by atoms with Crippen molar-refractivity contribution in [3.8, 4) is 0 Å². The molecule has 0 aliphatic heterocycles. The Morgan fingerprint density at radius 2 is 0.861 bits per heavy atom. The van der Waals surface area contributed by atoms with Crippen molar-refractivity contribution >= 4 is 26.2 Å². The topological polar surface area (TPSA) is 60.4 Å². The zero-order valence-corrected chi connectivity index (χ0v) is 18.7. The van der Waals surface area contributed by atoms with Crippen LogP contribution < -0.4 is 0 Å². The Balaban J connectivity index is 6.92. The van der Waals surface area contributed by atoms with E-state index < -0.39 is 78.9 Å². The summed E-state index contributed by atoms with van der Waals surface area (Å²) in [6.07, 6.45) is -7.04. The quantitative estimate of drug-likeness (QED) is 0.272. The largest absolute Gasteiger partial charge is 0.460 e. The second-order valence-electron chi connectivity index (χ2n) is 7.27. The summed E-state index contributed by atoms with van der Waals surface area (Å²) in [6, 6.07) is 0. The number of Topliss-reactive ketones (excluding diaryl/α,β-unsaturated/α-hetero) is 1. The van der Waals surface area contributed by atoms with Crippen LogP contribution in [0.1, 0.15) is 6.92 Å². The van der Waals surface area contributed by atoms with Crippen molar-refractivity contribution < 1.29 is 91.5 Å². The van der Waals surface area contributed by atoms with Crippen LogP contribution in [0.5, 0.6) is 0 Å². The lowest BCUT2D eigenvalue weighted by molar-refractivity contribution is -0.458. The van der Waals surface area contributed by atoms with Crippen molar-refractivity contribution in [3.05, 3.63) is 0 Å². The molecule has 0 aliphatic carbocycles. The van der Waals surface area contributed by atoms with Crippen molar-refractivity contribution in [1.82, 2.24) is 0 Å². The normalized spacial score (nSPS) is 16.8. The molecule has 0 rings (SSSR count). The minimum atomic E-state index is -8.91. The number of hydrogen-bond acceptors (Lipinski definition) is 4. The fourth-order valence-electron chi connectivity index (χ4n) is 2.11. The first-order chi connectivity index (χ1) is 15.1. The second-order valence-corrected chi connectivity index (χ2v) is 12.4. The van der Waals surface area contributed by atoms with E-state index in [1.165, 1.54) is 0 Å². The fourth-order valence-corrected chi connectivity index (χ4v) is 6.00. The molecule has 0 aromatic heterocycles. The molecule has 36 heavy (non-hydrogen) atoms. The third kappa shape index (κ3) is 4.94. The van der Waals surface area contributed by atoms with E-state index in [4.69, 9.17) is 0 Å². The molecule has 0 spiro atoms. The third-order valence-electron chi connectivity index (χ3n) is 3.83. The summed E-state index contributed by atoms with van der Waals surface area (Å²) >= 11 is 0. The van der Waals surface area contributed by atoms with Crippen molar-refractivity contribution in [3.63, 3.8) is 0 Å². The lowest BCUT2D eigenvalue weighted by Gasteiger charge is -2.42. The first kappa shape index (κ1) is 34.7. The summed E-state index contributed by atoms with van der Waals surface area (Å²) in [6.45, 7) is 0.630. The highest BCUT2D eigenvalue weighted by atomic mass is 32.3. The van der Waals surface area contributed by atoms with Crippen molar-refractivity contribution in [2.24, 2.45) is 0 Å². The van der Waals surface area contributed by atoms with Gasteiger partial charge in [-0.2, -0.15) is 83.1 Å². The van der Waals surface area contributed by atoms with Crippen molar-refractivity contribution in [2.75, 3.05) is 18.3 Å². The predicted octanol–water partition coefficient (Wildman–Crippen LogP) is 5.87. The highest BCUT2D eigenvalue weighted by Gasteiger charge is 2.96. The molecule has 0 fully saturated rings. The molecule has 4 nitrogen and oxygen atoms in total. The van der Waals surface area contributed by atoms with Gasteiger partial charge >= 0.3 is 57.1 Å². The Bertz CT molecular complexity index is 952. The molecule has 0 aromatic carbocycles. The molecule has 23 heteroatoms. The van der Waals surface area contributed by atoms with Crippen LogP contribution in [0.3, 0.4) is 0 Å². The minimum Gasteiger partial charge on any atom is -0.299 e. The van der Waals surface area contributed by atoms with E-state index in [1.54, 1.807) is 0 Å². The van der Waals surface area contributed by atoms with Crippen molar-refractivity contribution in [1.29, 1.82) is 0 Å². The van der Waals surface area contributed by atoms with Crippen LogP contribution in [-0.4, -0.2) is 79.4 Å². The van der Waals surface area contributed by atoms with Crippen molar-refractivity contribution in [2.45, 2.75) is 53.9 Å². The van der Waals surface area contributed by atoms with Gasteiger partial charge in [0.05, 0.1) is 5.75 Å². The number of carbonyl (C=O) groups excluding carboxylic acids is 1. The molecule has 0 amide bonds. The van der Waals surface area contributed by atoms with Gasteiger partial charge in [0.15, 0.2) is 0 Å². The summed E-state index contributed by atoms with van der Waals surface area (Å²) in [4.78, 5) is 10.9. The predicted molar refractivity (Wildman–Crippen MR) is 85.7 cm³/mol. The maximum Gasteiger partial charge on any atom is 0.460 e. The van der Waals surface area contributed by atoms with Gasteiger partial charge in [0.25, 0.3) is 0 Å². The molecular weight excluding hydrogens is 607 g/mol. The number of alkyl halides is 17. The average molecular weight is 618 g/mol. The standard InChI is InChI=1S/C13H11F17O4S2/c1-5(31)4-35(2,3)34-36(32,33)13(29,30)11(24,25)9(20,21)7(16,17)6(14,15)8(18,19)10(22,23)12(26,27)28/h4H2,1-3H3. The Morgan fingerprint density at radius 1 is 0.583 bits per heavy atom. The van der Waals surface area contributed by atoms with E-state index in [1.807, 2.05) is 0 Å². The Morgan fingerprint density at radius 3 is 1.14 bits per heavy atom. The first-order valence-corrected chi connectivity index (χ1v) is 11.9. The molecule has 0 aliphatic rings. The molecule has 0 atom stereocenters. The maximum absolute atomic E-state index is 13.9. The van der Waals surface area contributed by atoms with Crippen LogP contribution in [0.25, 0.3) is 0 Å². The highest BCUT2D eigenvalue weighted by molar-refractivity contribution is 8.32. The third-order valence-corrected chi connectivity index (χ3v) is 8.01. The van der Waals surface area contributed by atoms with E-state index in [0.29, 0.717) is 19.4 Å². The van der Waals surface area contributed by atoms with Crippen LogP contribution in [0.4, 0.5) is 74.6 Å². The summed E-state index contributed by atoms with van der Waals surface area (Å²) in [5.74, 6) is -54.4. The van der Waals surface area contributed by atoms with E-state index in [-0.39, 0.29) is 0 Å². The molecule has 0 unspecified atom stereocenters. The van der Waals surface area contributed by atoms with Crippen LogP contribution >= 0.6 is 10.3 Å². The smallest absolute Gasteiger partial charge is 0.299 e. The van der Waals surface area contributed by atoms with Gasteiger partial charge in [0.2, 0.25) is 0 Å². The molecule has 218 valence electrons.